The predicted molar refractivity (Wildman–Crippen MR) is 47.1 cm³/mol. The van der Waals surface area contributed by atoms with Crippen molar-refractivity contribution in [3.8, 4) is 11.5 Å². The van der Waals surface area contributed by atoms with Crippen LogP contribution in [0.3, 0.4) is 0 Å². The molecular weight excluding hydrogens is 184 g/mol. The van der Waals surface area contributed by atoms with E-state index in [2.05, 4.69) is 0 Å². The summed E-state index contributed by atoms with van der Waals surface area (Å²) >= 11 is 0. The highest BCUT2D eigenvalue weighted by Gasteiger charge is 2.18. The molecule has 1 heterocycles. The maximum absolute atomic E-state index is 11.1. The summed E-state index contributed by atoms with van der Waals surface area (Å²) in [7, 11) is 0. The average Bonchev–Trinajstić information content (AvgIpc) is 2.08. The quantitative estimate of drug-likeness (QED) is 0.352. The highest BCUT2D eigenvalue weighted by molar-refractivity contribution is 5.93. The minimum atomic E-state index is -0.593. The van der Waals surface area contributed by atoms with E-state index in [0.29, 0.717) is 11.5 Å². The molecule has 4 nitrogen and oxygen atoms in total. The number of hydrogen-bond donors (Lipinski definition) is 0. The average molecular weight is 192 g/mol. The van der Waals surface area contributed by atoms with Crippen LogP contribution >= 0.6 is 0 Å². The maximum atomic E-state index is 11.1. The number of ether oxygens (including phenoxy) is 2. The fourth-order valence-corrected chi connectivity index (χ4v) is 1.20. The van der Waals surface area contributed by atoms with Gasteiger partial charge in [0.15, 0.2) is 0 Å². The van der Waals surface area contributed by atoms with E-state index in [0.717, 1.165) is 5.56 Å². The first kappa shape index (κ1) is 8.74. The van der Waals surface area contributed by atoms with E-state index < -0.39 is 11.9 Å². The molecule has 72 valence electrons. The topological polar surface area (TPSA) is 52.6 Å². The zero-order valence-corrected chi connectivity index (χ0v) is 7.57. The smallest absolute Gasteiger partial charge is 0.322 e. The molecule has 0 saturated carbocycles. The lowest BCUT2D eigenvalue weighted by atomic mass is 10.2. The molecule has 0 spiro atoms. The minimum absolute atomic E-state index is 0.345. The maximum Gasteiger partial charge on any atom is 0.322 e. The van der Waals surface area contributed by atoms with Gasteiger partial charge < -0.3 is 9.47 Å². The lowest BCUT2D eigenvalue weighted by Gasteiger charge is -2.12. The molecule has 1 aromatic carbocycles. The van der Waals surface area contributed by atoms with E-state index in [-0.39, 0.29) is 6.42 Å². The summed E-state index contributed by atoms with van der Waals surface area (Å²) in [5.74, 6) is -0.331. The highest BCUT2D eigenvalue weighted by atomic mass is 16.6. The highest BCUT2D eigenvalue weighted by Crippen LogP contribution is 2.26. The fourth-order valence-electron chi connectivity index (χ4n) is 1.20. The van der Waals surface area contributed by atoms with Crippen LogP contribution in [0.5, 0.6) is 11.5 Å². The molecule has 0 amide bonds. The summed E-state index contributed by atoms with van der Waals surface area (Å²) in [6.45, 7) is 1.82. The van der Waals surface area contributed by atoms with Crippen molar-refractivity contribution >= 4 is 11.9 Å². The Morgan fingerprint density at radius 2 is 1.86 bits per heavy atom. The van der Waals surface area contributed by atoms with Crippen molar-refractivity contribution < 1.29 is 19.1 Å². The Labute approximate surface area is 80.4 Å². The Balaban J connectivity index is 2.46. The number of benzene rings is 1. The van der Waals surface area contributed by atoms with Gasteiger partial charge in [-0.3, -0.25) is 9.59 Å². The van der Waals surface area contributed by atoms with Gasteiger partial charge in [0.1, 0.15) is 17.9 Å². The van der Waals surface area contributed by atoms with Gasteiger partial charge in [0, 0.05) is 6.07 Å². The molecule has 2 rings (SSSR count). The molecule has 0 atom stereocenters. The van der Waals surface area contributed by atoms with Gasteiger partial charge in [0.25, 0.3) is 0 Å². The molecule has 0 saturated heterocycles. The third-order valence-corrected chi connectivity index (χ3v) is 1.90. The second-order valence-corrected chi connectivity index (χ2v) is 3.05. The molecule has 0 aliphatic carbocycles. The van der Waals surface area contributed by atoms with Crippen molar-refractivity contribution in [2.45, 2.75) is 13.3 Å². The number of fused-ring (bicyclic) bond motifs is 2. The molecule has 1 aliphatic rings. The van der Waals surface area contributed by atoms with Gasteiger partial charge in [-0.05, 0) is 18.6 Å². The van der Waals surface area contributed by atoms with E-state index in [9.17, 15) is 9.59 Å². The SMILES string of the molecule is Cc1ccc2cc1OC(=O)CC(=O)O2. The monoisotopic (exact) mass is 192 g/mol. The number of carbonyl (C=O) groups excluding carboxylic acids is 2. The lowest BCUT2D eigenvalue weighted by Crippen LogP contribution is -2.20. The molecule has 0 aromatic heterocycles. The van der Waals surface area contributed by atoms with Gasteiger partial charge in [0.05, 0.1) is 0 Å². The van der Waals surface area contributed by atoms with Crippen LogP contribution in [0, 0.1) is 6.92 Å². The summed E-state index contributed by atoms with van der Waals surface area (Å²) in [4.78, 5) is 22.1. The summed E-state index contributed by atoms with van der Waals surface area (Å²) in [5.41, 5.74) is 0.833. The van der Waals surface area contributed by atoms with Crippen molar-refractivity contribution in [2.75, 3.05) is 0 Å². The van der Waals surface area contributed by atoms with Crippen molar-refractivity contribution in [3.63, 3.8) is 0 Å². The van der Waals surface area contributed by atoms with E-state index in [1.807, 2.05) is 6.92 Å². The third-order valence-electron chi connectivity index (χ3n) is 1.90. The summed E-state index contributed by atoms with van der Waals surface area (Å²) in [6, 6.07) is 4.93. The van der Waals surface area contributed by atoms with Gasteiger partial charge in [-0.25, -0.2) is 0 Å². The molecule has 0 N–H and O–H groups in total. The second-order valence-electron chi connectivity index (χ2n) is 3.05. The molecule has 1 aromatic rings. The van der Waals surface area contributed by atoms with Crippen LogP contribution in [0.1, 0.15) is 12.0 Å². The molecule has 0 fully saturated rings. The van der Waals surface area contributed by atoms with Gasteiger partial charge in [0.2, 0.25) is 0 Å². The van der Waals surface area contributed by atoms with Crippen LogP contribution in [0.25, 0.3) is 0 Å². The molecule has 14 heavy (non-hydrogen) atoms. The van der Waals surface area contributed by atoms with E-state index in [4.69, 9.17) is 9.47 Å². The Hall–Kier alpha value is -1.84. The van der Waals surface area contributed by atoms with Crippen molar-refractivity contribution in [1.29, 1.82) is 0 Å². The van der Waals surface area contributed by atoms with Gasteiger partial charge in [-0.1, -0.05) is 6.07 Å². The Morgan fingerprint density at radius 1 is 1.14 bits per heavy atom. The zero-order valence-electron chi connectivity index (χ0n) is 7.57. The standard InChI is InChI=1S/C10H8O4/c1-6-2-3-7-4-8(6)14-10(12)5-9(11)13-7/h2-4H,5H2,1H3. The van der Waals surface area contributed by atoms with E-state index >= 15 is 0 Å². The second kappa shape index (κ2) is 3.14. The normalized spacial score (nSPS) is 15.2. The fraction of sp³-hybridized carbons (Fsp3) is 0.200. The number of aryl methyl sites for hydroxylation is 1. The molecule has 2 bridgehead atoms. The van der Waals surface area contributed by atoms with Crippen LogP contribution in [-0.2, 0) is 9.59 Å². The van der Waals surface area contributed by atoms with Crippen molar-refractivity contribution in [1.82, 2.24) is 0 Å². The number of esters is 2. The Kier molecular flexibility index (Phi) is 1.96. The summed E-state index contributed by atoms with van der Waals surface area (Å²) in [5, 5.41) is 0. The van der Waals surface area contributed by atoms with E-state index in [1.165, 1.54) is 6.07 Å². The van der Waals surface area contributed by atoms with Gasteiger partial charge in [-0.2, -0.15) is 0 Å². The van der Waals surface area contributed by atoms with Crippen LogP contribution in [-0.4, -0.2) is 11.9 Å². The largest absolute Gasteiger partial charge is 0.426 e. The van der Waals surface area contributed by atoms with Crippen LogP contribution in [0.4, 0.5) is 0 Å². The summed E-state index contributed by atoms with van der Waals surface area (Å²) < 4.78 is 9.84. The summed E-state index contributed by atoms with van der Waals surface area (Å²) in [6.07, 6.45) is -0.345. The van der Waals surface area contributed by atoms with E-state index in [1.54, 1.807) is 12.1 Å². The van der Waals surface area contributed by atoms with Gasteiger partial charge >= 0.3 is 11.9 Å². The van der Waals surface area contributed by atoms with Crippen molar-refractivity contribution in [3.05, 3.63) is 23.8 Å². The lowest BCUT2D eigenvalue weighted by molar-refractivity contribution is -0.144. The number of carbonyl (C=O) groups is 2. The predicted octanol–water partition coefficient (Wildman–Crippen LogP) is 1.21. The van der Waals surface area contributed by atoms with Crippen LogP contribution < -0.4 is 9.47 Å². The molecular formula is C10H8O4. The first-order chi connectivity index (χ1) is 6.65. The number of hydrogen-bond acceptors (Lipinski definition) is 4. The Morgan fingerprint density at radius 3 is 2.64 bits per heavy atom. The first-order valence-electron chi connectivity index (χ1n) is 4.17. The number of rotatable bonds is 0. The van der Waals surface area contributed by atoms with Crippen molar-refractivity contribution in [2.24, 2.45) is 0 Å². The Bertz CT molecular complexity index is 409. The minimum Gasteiger partial charge on any atom is -0.426 e. The molecule has 1 aliphatic heterocycles. The molecule has 0 radical (unpaired) electrons. The third kappa shape index (κ3) is 1.59. The van der Waals surface area contributed by atoms with Crippen LogP contribution in [0.2, 0.25) is 0 Å². The molecule has 0 unspecified atom stereocenters. The first-order valence-corrected chi connectivity index (χ1v) is 4.17. The van der Waals surface area contributed by atoms with Gasteiger partial charge in [-0.15, -0.1) is 0 Å². The van der Waals surface area contributed by atoms with Crippen LogP contribution in [0.15, 0.2) is 18.2 Å². The molecule has 4 heteroatoms. The zero-order chi connectivity index (χ0) is 10.1.